The lowest BCUT2D eigenvalue weighted by atomic mass is 10.1. The van der Waals surface area contributed by atoms with Crippen molar-refractivity contribution in [2.75, 3.05) is 22.5 Å². The number of nitrogens with one attached hydrogen (secondary N) is 3. The van der Waals surface area contributed by atoms with Gasteiger partial charge in [0.05, 0.1) is 5.39 Å². The average Bonchev–Trinajstić information content (AvgIpc) is 3.32. The Balaban J connectivity index is 1.17. The number of carbonyl (C=O) groups excluding carboxylic acids is 1. The van der Waals surface area contributed by atoms with Crippen LogP contribution in [0.25, 0.3) is 22.4 Å². The fourth-order valence-corrected chi connectivity index (χ4v) is 3.54. The molecule has 8 nitrogen and oxygen atoms in total. The van der Waals surface area contributed by atoms with Gasteiger partial charge in [-0.15, -0.1) is 0 Å². The predicted octanol–water partition coefficient (Wildman–Crippen LogP) is 5.58. The Morgan fingerprint density at radius 1 is 0.882 bits per heavy atom. The number of hydrogen-bond donors (Lipinski definition) is 3. The lowest BCUT2D eigenvalue weighted by Gasteiger charge is -2.09. The first-order valence-corrected chi connectivity index (χ1v) is 10.9. The summed E-state index contributed by atoms with van der Waals surface area (Å²) in [4.78, 5) is 24.9. The van der Waals surface area contributed by atoms with Crippen LogP contribution in [0.15, 0.2) is 95.9 Å². The summed E-state index contributed by atoms with van der Waals surface area (Å²) < 4.78 is 5.87. The molecule has 0 aliphatic rings. The Bertz CT molecular complexity index is 1390. The summed E-state index contributed by atoms with van der Waals surface area (Å²) in [5, 5.41) is 9.83. The van der Waals surface area contributed by atoms with Crippen molar-refractivity contribution in [2.45, 2.75) is 6.42 Å². The van der Waals surface area contributed by atoms with Crippen LogP contribution in [0.3, 0.4) is 0 Å². The van der Waals surface area contributed by atoms with Gasteiger partial charge in [-0.3, -0.25) is 4.98 Å². The monoisotopic (exact) mass is 450 g/mol. The lowest BCUT2D eigenvalue weighted by molar-refractivity contribution is 0.262. The van der Waals surface area contributed by atoms with Gasteiger partial charge in [-0.05, 0) is 54.4 Å². The second-order valence-electron chi connectivity index (χ2n) is 7.61. The van der Waals surface area contributed by atoms with Crippen molar-refractivity contribution in [1.82, 2.24) is 15.0 Å². The molecule has 5 aromatic rings. The van der Waals surface area contributed by atoms with Gasteiger partial charge in [0, 0.05) is 35.9 Å². The van der Waals surface area contributed by atoms with Gasteiger partial charge in [0.2, 0.25) is 5.71 Å². The van der Waals surface area contributed by atoms with E-state index in [1.807, 2.05) is 72.8 Å². The highest BCUT2D eigenvalue weighted by Gasteiger charge is 2.12. The molecular weight excluding hydrogens is 428 g/mol. The van der Waals surface area contributed by atoms with Crippen molar-refractivity contribution in [1.29, 1.82) is 0 Å². The maximum Gasteiger partial charge on any atom is 0.323 e. The topological polar surface area (TPSA) is 105 Å². The standard InChI is InChI=1S/C26H22N6O2/c33-26(31-20-6-2-1-3-7-20)32-21-10-8-18(9-11-21)12-14-28-24-22-15-23(19-5-4-13-27-16-19)34-25(22)30-17-29-24/h1-11,13,15-17H,12,14H2,(H,28,29,30)(H2,31,32,33). The van der Waals surface area contributed by atoms with Crippen LogP contribution in [0, 0.1) is 0 Å². The molecule has 0 unspecified atom stereocenters. The molecule has 3 aromatic heterocycles. The first-order chi connectivity index (χ1) is 16.7. The molecule has 0 spiro atoms. The van der Waals surface area contributed by atoms with Crippen molar-refractivity contribution >= 4 is 34.3 Å². The van der Waals surface area contributed by atoms with Gasteiger partial charge in [0.1, 0.15) is 17.9 Å². The van der Waals surface area contributed by atoms with Gasteiger partial charge in [-0.25, -0.2) is 14.8 Å². The Morgan fingerprint density at radius 2 is 1.68 bits per heavy atom. The zero-order chi connectivity index (χ0) is 23.2. The molecular formula is C26H22N6O2. The van der Waals surface area contributed by atoms with Gasteiger partial charge in [-0.2, -0.15) is 0 Å². The predicted molar refractivity (Wildman–Crippen MR) is 133 cm³/mol. The molecule has 0 bridgehead atoms. The van der Waals surface area contributed by atoms with Gasteiger partial charge >= 0.3 is 6.03 Å². The van der Waals surface area contributed by atoms with Crippen molar-refractivity contribution in [3.05, 3.63) is 97.1 Å². The van der Waals surface area contributed by atoms with E-state index in [0.717, 1.165) is 40.1 Å². The summed E-state index contributed by atoms with van der Waals surface area (Å²) in [5.74, 6) is 1.42. The molecule has 3 heterocycles. The zero-order valence-corrected chi connectivity index (χ0v) is 18.2. The number of urea groups is 1. The maximum absolute atomic E-state index is 12.1. The largest absolute Gasteiger partial charge is 0.437 e. The minimum absolute atomic E-state index is 0.279. The lowest BCUT2D eigenvalue weighted by Crippen LogP contribution is -2.19. The molecule has 5 rings (SSSR count). The quantitative estimate of drug-likeness (QED) is 0.299. The smallest absolute Gasteiger partial charge is 0.323 e. The number of anilines is 3. The van der Waals surface area contributed by atoms with E-state index in [1.165, 1.54) is 6.33 Å². The third kappa shape index (κ3) is 5.02. The SMILES string of the molecule is O=C(Nc1ccccc1)Nc1ccc(CCNc2ncnc3oc(-c4cccnc4)cc23)cc1. The Morgan fingerprint density at radius 3 is 2.44 bits per heavy atom. The molecule has 168 valence electrons. The number of benzene rings is 2. The summed E-state index contributed by atoms with van der Waals surface area (Å²) in [6.45, 7) is 0.681. The first kappa shape index (κ1) is 21.1. The summed E-state index contributed by atoms with van der Waals surface area (Å²) in [6, 6.07) is 22.5. The van der Waals surface area contributed by atoms with E-state index in [2.05, 4.69) is 30.9 Å². The van der Waals surface area contributed by atoms with Crippen LogP contribution >= 0.6 is 0 Å². The van der Waals surface area contributed by atoms with E-state index in [4.69, 9.17) is 4.42 Å². The van der Waals surface area contributed by atoms with Crippen LogP contribution in [0.4, 0.5) is 22.0 Å². The molecule has 8 heteroatoms. The van der Waals surface area contributed by atoms with E-state index >= 15 is 0 Å². The summed E-state index contributed by atoms with van der Waals surface area (Å²) in [6.07, 6.45) is 5.75. The van der Waals surface area contributed by atoms with Crippen LogP contribution < -0.4 is 16.0 Å². The molecule has 0 aliphatic carbocycles. The van der Waals surface area contributed by atoms with Crippen molar-refractivity contribution in [3.63, 3.8) is 0 Å². The highest BCUT2D eigenvalue weighted by Crippen LogP contribution is 2.29. The Labute approximate surface area is 196 Å². The number of hydrogen-bond acceptors (Lipinski definition) is 6. The average molecular weight is 451 g/mol. The number of fused-ring (bicyclic) bond motifs is 1. The minimum atomic E-state index is -0.279. The van der Waals surface area contributed by atoms with E-state index in [9.17, 15) is 4.79 Å². The van der Waals surface area contributed by atoms with Gasteiger partial charge < -0.3 is 20.4 Å². The van der Waals surface area contributed by atoms with Crippen LogP contribution in [0.1, 0.15) is 5.56 Å². The molecule has 0 aliphatic heterocycles. The number of pyridine rings is 1. The van der Waals surface area contributed by atoms with Crippen LogP contribution in [0.2, 0.25) is 0 Å². The number of aromatic nitrogens is 3. The van der Waals surface area contributed by atoms with Gasteiger partial charge in [0.25, 0.3) is 0 Å². The molecule has 0 saturated heterocycles. The van der Waals surface area contributed by atoms with Crippen LogP contribution in [-0.4, -0.2) is 27.5 Å². The zero-order valence-electron chi connectivity index (χ0n) is 18.2. The van der Waals surface area contributed by atoms with E-state index in [-0.39, 0.29) is 6.03 Å². The molecule has 0 radical (unpaired) electrons. The number of para-hydroxylation sites is 1. The Kier molecular flexibility index (Phi) is 6.11. The third-order valence-corrected chi connectivity index (χ3v) is 5.23. The maximum atomic E-state index is 12.1. The number of furan rings is 1. The van der Waals surface area contributed by atoms with Gasteiger partial charge in [0.15, 0.2) is 0 Å². The molecule has 34 heavy (non-hydrogen) atoms. The molecule has 0 saturated carbocycles. The normalized spacial score (nSPS) is 10.7. The molecule has 3 N–H and O–H groups in total. The third-order valence-electron chi connectivity index (χ3n) is 5.23. The second kappa shape index (κ2) is 9.83. The van der Waals surface area contributed by atoms with Gasteiger partial charge in [-0.1, -0.05) is 30.3 Å². The van der Waals surface area contributed by atoms with Crippen molar-refractivity contribution < 1.29 is 9.21 Å². The molecule has 2 aromatic carbocycles. The summed E-state index contributed by atoms with van der Waals surface area (Å²) in [5.41, 5.74) is 4.02. The summed E-state index contributed by atoms with van der Waals surface area (Å²) in [7, 11) is 0. The van der Waals surface area contributed by atoms with Crippen molar-refractivity contribution in [3.8, 4) is 11.3 Å². The fourth-order valence-electron chi connectivity index (χ4n) is 3.54. The van der Waals surface area contributed by atoms with Crippen LogP contribution in [0.5, 0.6) is 0 Å². The number of rotatable bonds is 7. The molecule has 2 amide bonds. The van der Waals surface area contributed by atoms with E-state index in [0.29, 0.717) is 18.0 Å². The van der Waals surface area contributed by atoms with E-state index in [1.54, 1.807) is 12.4 Å². The minimum Gasteiger partial charge on any atom is -0.437 e. The highest BCUT2D eigenvalue weighted by atomic mass is 16.3. The van der Waals surface area contributed by atoms with Crippen molar-refractivity contribution in [2.24, 2.45) is 0 Å². The second-order valence-corrected chi connectivity index (χ2v) is 7.61. The number of carbonyl (C=O) groups is 1. The highest BCUT2D eigenvalue weighted by molar-refractivity contribution is 5.99. The van der Waals surface area contributed by atoms with E-state index < -0.39 is 0 Å². The molecule has 0 fully saturated rings. The van der Waals surface area contributed by atoms with Crippen LogP contribution in [-0.2, 0) is 6.42 Å². The summed E-state index contributed by atoms with van der Waals surface area (Å²) >= 11 is 0. The molecule has 0 atom stereocenters. The first-order valence-electron chi connectivity index (χ1n) is 10.9. The number of amides is 2. The Hall–Kier alpha value is -4.72. The fraction of sp³-hybridized carbons (Fsp3) is 0.0769. The number of nitrogens with zero attached hydrogens (tertiary/aromatic N) is 3.